The summed E-state index contributed by atoms with van der Waals surface area (Å²) in [5, 5.41) is 6.97. The number of thioether (sulfide) groups is 1. The van der Waals surface area contributed by atoms with Crippen LogP contribution in [0.3, 0.4) is 0 Å². The van der Waals surface area contributed by atoms with Crippen LogP contribution in [0.1, 0.15) is 19.9 Å². The van der Waals surface area contributed by atoms with Crippen molar-refractivity contribution in [2.45, 2.75) is 25.0 Å². The highest BCUT2D eigenvalue weighted by Crippen LogP contribution is 2.11. The molecule has 2 aromatic heterocycles. The van der Waals surface area contributed by atoms with Crippen molar-refractivity contribution in [2.24, 2.45) is 0 Å². The van der Waals surface area contributed by atoms with E-state index >= 15 is 0 Å². The number of hydrogen-bond acceptors (Lipinski definition) is 6. The molecule has 2 aromatic rings. The summed E-state index contributed by atoms with van der Waals surface area (Å²) < 4.78 is 6.62. The van der Waals surface area contributed by atoms with Gasteiger partial charge in [0.05, 0.1) is 5.75 Å². The molecule has 0 saturated carbocycles. The molecule has 1 amide bonds. The maximum atomic E-state index is 11.7. The Morgan fingerprint density at radius 3 is 2.84 bits per heavy atom. The van der Waals surface area contributed by atoms with Gasteiger partial charge in [-0.05, 0) is 24.6 Å². The van der Waals surface area contributed by atoms with Crippen molar-refractivity contribution in [3.8, 4) is 0 Å². The van der Waals surface area contributed by atoms with E-state index in [0.717, 1.165) is 0 Å². The Balaban J connectivity index is 1.84. The lowest BCUT2D eigenvalue weighted by molar-refractivity contribution is -0.779. The SMILES string of the molecule is CC(C)[n+]1cc(NC(=O)CSc2ncccn2)on1. The van der Waals surface area contributed by atoms with Crippen LogP contribution in [0.15, 0.2) is 34.3 Å². The van der Waals surface area contributed by atoms with Crippen molar-refractivity contribution in [1.82, 2.24) is 15.2 Å². The van der Waals surface area contributed by atoms with Crippen LogP contribution in [0.5, 0.6) is 0 Å². The number of nitrogens with zero attached hydrogens (tertiary/aromatic N) is 4. The lowest BCUT2D eigenvalue weighted by Crippen LogP contribution is -2.36. The fraction of sp³-hybridized carbons (Fsp3) is 0.364. The van der Waals surface area contributed by atoms with Gasteiger partial charge in [0.15, 0.2) is 11.2 Å². The molecular weight excluding hydrogens is 266 g/mol. The van der Waals surface area contributed by atoms with Gasteiger partial charge in [-0.1, -0.05) is 11.8 Å². The second-order valence-electron chi connectivity index (χ2n) is 4.01. The fourth-order valence-electron chi connectivity index (χ4n) is 1.22. The van der Waals surface area contributed by atoms with Gasteiger partial charge in [0.25, 0.3) is 6.20 Å². The number of rotatable bonds is 5. The third-order valence-electron chi connectivity index (χ3n) is 2.15. The van der Waals surface area contributed by atoms with Gasteiger partial charge in [-0.15, -0.1) is 0 Å². The Kier molecular flexibility index (Phi) is 4.45. The number of hydrogen-bond donors (Lipinski definition) is 1. The molecule has 0 bridgehead atoms. The predicted molar refractivity (Wildman–Crippen MR) is 68.5 cm³/mol. The average molecular weight is 280 g/mol. The second-order valence-corrected chi connectivity index (χ2v) is 4.95. The number of anilines is 1. The second kappa shape index (κ2) is 6.28. The molecule has 2 rings (SSSR count). The molecule has 19 heavy (non-hydrogen) atoms. The quantitative estimate of drug-likeness (QED) is 0.501. The normalized spacial score (nSPS) is 10.7. The Labute approximate surface area is 114 Å². The topological polar surface area (TPSA) is 84.8 Å². The van der Waals surface area contributed by atoms with E-state index in [9.17, 15) is 4.79 Å². The molecule has 0 spiro atoms. The standard InChI is InChI=1S/C11H13N5O2S/c1-8(2)16-6-10(18-15-16)14-9(17)7-19-11-12-4-3-5-13-11/h3-6,8H,7H2,1-2H3/p+1. The first kappa shape index (κ1) is 13.5. The summed E-state index contributed by atoms with van der Waals surface area (Å²) >= 11 is 1.26. The maximum Gasteiger partial charge on any atom is 0.302 e. The molecular formula is C11H14N5O2S+. The van der Waals surface area contributed by atoms with Crippen LogP contribution in [0.4, 0.5) is 5.88 Å². The Hall–Kier alpha value is -1.96. The van der Waals surface area contributed by atoms with Gasteiger partial charge in [0.2, 0.25) is 11.2 Å². The number of nitrogens with one attached hydrogen (secondary N) is 1. The van der Waals surface area contributed by atoms with Gasteiger partial charge < -0.3 is 0 Å². The Morgan fingerprint density at radius 1 is 1.47 bits per heavy atom. The van der Waals surface area contributed by atoms with Gasteiger partial charge in [0.1, 0.15) is 0 Å². The van der Waals surface area contributed by atoms with Crippen LogP contribution in [-0.4, -0.2) is 26.9 Å². The zero-order valence-electron chi connectivity index (χ0n) is 10.6. The van der Waals surface area contributed by atoms with Gasteiger partial charge >= 0.3 is 5.88 Å². The van der Waals surface area contributed by atoms with Crippen LogP contribution in [0, 0.1) is 0 Å². The zero-order valence-corrected chi connectivity index (χ0v) is 11.4. The molecule has 8 heteroatoms. The minimum Gasteiger partial charge on any atom is -0.288 e. The van der Waals surface area contributed by atoms with Crippen molar-refractivity contribution in [1.29, 1.82) is 0 Å². The first-order valence-corrected chi connectivity index (χ1v) is 6.71. The largest absolute Gasteiger partial charge is 0.302 e. The van der Waals surface area contributed by atoms with Gasteiger partial charge in [-0.3, -0.25) is 14.6 Å². The molecule has 0 radical (unpaired) electrons. The molecule has 0 aliphatic heterocycles. The lowest BCUT2D eigenvalue weighted by Gasteiger charge is -1.98. The van der Waals surface area contributed by atoms with E-state index in [1.165, 1.54) is 11.8 Å². The van der Waals surface area contributed by atoms with E-state index in [0.29, 0.717) is 11.0 Å². The molecule has 0 aliphatic rings. The van der Waals surface area contributed by atoms with Crippen LogP contribution >= 0.6 is 11.8 Å². The smallest absolute Gasteiger partial charge is 0.288 e. The zero-order chi connectivity index (χ0) is 13.7. The van der Waals surface area contributed by atoms with E-state index in [-0.39, 0.29) is 17.7 Å². The van der Waals surface area contributed by atoms with Crippen molar-refractivity contribution in [3.63, 3.8) is 0 Å². The third-order valence-corrected chi connectivity index (χ3v) is 3.02. The molecule has 0 aliphatic carbocycles. The van der Waals surface area contributed by atoms with Crippen LogP contribution in [0.2, 0.25) is 0 Å². The molecule has 0 atom stereocenters. The highest BCUT2D eigenvalue weighted by molar-refractivity contribution is 7.99. The molecule has 0 fully saturated rings. The third kappa shape index (κ3) is 4.02. The first-order valence-electron chi connectivity index (χ1n) is 5.73. The summed E-state index contributed by atoms with van der Waals surface area (Å²) in [7, 11) is 0. The number of carbonyl (C=O) groups is 1. The molecule has 0 aromatic carbocycles. The van der Waals surface area contributed by atoms with E-state index in [2.05, 4.69) is 20.6 Å². The summed E-state index contributed by atoms with van der Waals surface area (Å²) in [5.74, 6) is 0.352. The predicted octanol–water partition coefficient (Wildman–Crippen LogP) is 1.06. The summed E-state index contributed by atoms with van der Waals surface area (Å²) in [6.07, 6.45) is 4.91. The average Bonchev–Trinajstić information content (AvgIpc) is 2.86. The first-order chi connectivity index (χ1) is 9.15. The van der Waals surface area contributed by atoms with Crippen LogP contribution in [0.25, 0.3) is 0 Å². The highest BCUT2D eigenvalue weighted by atomic mass is 32.2. The van der Waals surface area contributed by atoms with E-state index in [4.69, 9.17) is 4.52 Å². The minimum atomic E-state index is -0.190. The fourth-order valence-corrected chi connectivity index (χ4v) is 1.82. The van der Waals surface area contributed by atoms with E-state index in [1.54, 1.807) is 29.3 Å². The van der Waals surface area contributed by atoms with Crippen LogP contribution in [-0.2, 0) is 4.79 Å². The molecule has 1 N–H and O–H groups in total. The molecule has 7 nitrogen and oxygen atoms in total. The van der Waals surface area contributed by atoms with Gasteiger partial charge in [-0.25, -0.2) is 9.97 Å². The lowest BCUT2D eigenvalue weighted by atomic mass is 10.4. The molecule has 0 saturated heterocycles. The Bertz CT molecular complexity index is 543. The van der Waals surface area contributed by atoms with Gasteiger partial charge in [-0.2, -0.15) is 0 Å². The van der Waals surface area contributed by atoms with Crippen molar-refractivity contribution in [3.05, 3.63) is 24.7 Å². The van der Waals surface area contributed by atoms with Gasteiger partial charge in [0, 0.05) is 12.4 Å². The maximum absolute atomic E-state index is 11.7. The molecule has 2 heterocycles. The van der Waals surface area contributed by atoms with E-state index in [1.807, 2.05) is 13.8 Å². The minimum absolute atomic E-state index is 0.182. The van der Waals surface area contributed by atoms with Crippen molar-refractivity contribution in [2.75, 3.05) is 11.1 Å². The summed E-state index contributed by atoms with van der Waals surface area (Å²) in [6.45, 7) is 3.94. The summed E-state index contributed by atoms with van der Waals surface area (Å²) in [6, 6.07) is 1.91. The number of aromatic nitrogens is 4. The highest BCUT2D eigenvalue weighted by Gasteiger charge is 2.16. The number of amides is 1. The van der Waals surface area contributed by atoms with Crippen molar-refractivity contribution >= 4 is 23.6 Å². The molecule has 0 unspecified atom stereocenters. The monoisotopic (exact) mass is 280 g/mol. The molecule has 100 valence electrons. The Morgan fingerprint density at radius 2 is 2.21 bits per heavy atom. The van der Waals surface area contributed by atoms with Crippen LogP contribution < -0.4 is 10.00 Å². The van der Waals surface area contributed by atoms with E-state index < -0.39 is 0 Å². The number of carbonyl (C=O) groups excluding carboxylic acids is 1. The van der Waals surface area contributed by atoms with Crippen molar-refractivity contribution < 1.29 is 14.0 Å². The summed E-state index contributed by atoms with van der Waals surface area (Å²) in [4.78, 5) is 19.7. The summed E-state index contributed by atoms with van der Waals surface area (Å²) in [5.41, 5.74) is 0.